The number of hydrogen-bond donors (Lipinski definition) is 0. The van der Waals surface area contributed by atoms with E-state index in [0.29, 0.717) is 9.80 Å². The van der Waals surface area contributed by atoms with E-state index in [1.165, 1.54) is 0 Å². The van der Waals surface area contributed by atoms with E-state index in [0.717, 1.165) is 36.4 Å². The van der Waals surface area contributed by atoms with Crippen molar-refractivity contribution < 1.29 is 31.9 Å². The third-order valence-corrected chi connectivity index (χ3v) is 4.98. The first-order valence-corrected chi connectivity index (χ1v) is 9.65. The fourth-order valence-electron chi connectivity index (χ4n) is 3.08. The number of barbiturate groups is 1. The van der Waals surface area contributed by atoms with Crippen molar-refractivity contribution in [3.63, 3.8) is 0 Å². The van der Waals surface area contributed by atoms with E-state index in [1.54, 1.807) is 0 Å². The van der Waals surface area contributed by atoms with Crippen LogP contribution < -0.4 is 0 Å². The summed E-state index contributed by atoms with van der Waals surface area (Å²) in [5.41, 5.74) is -0.432. The van der Waals surface area contributed by atoms with Gasteiger partial charge in [0.1, 0.15) is 30.4 Å². The number of amides is 4. The molecule has 2 aromatic carbocycles. The minimum atomic E-state index is -2.00. The first-order chi connectivity index (χ1) is 14.5. The second-order valence-electron chi connectivity index (χ2n) is 6.81. The van der Waals surface area contributed by atoms with Crippen LogP contribution in [-0.2, 0) is 9.59 Å². The number of hydrogen-bond acceptors (Lipinski definition) is 3. The quantitative estimate of drug-likeness (QED) is 0.426. The van der Waals surface area contributed by atoms with E-state index in [2.05, 4.69) is 0 Å². The number of alkyl halides is 2. The summed E-state index contributed by atoms with van der Waals surface area (Å²) in [6.45, 7) is -1.66. The first kappa shape index (κ1) is 23.0. The maximum Gasteiger partial charge on any atom is 0.333 e. The number of nitrogens with zero attached hydrogens (tertiary/aromatic N) is 2. The maximum absolute atomic E-state index is 14.7. The van der Waals surface area contributed by atoms with Crippen LogP contribution in [0.1, 0.15) is 29.9 Å². The maximum atomic E-state index is 14.7. The van der Waals surface area contributed by atoms with Crippen LogP contribution in [-0.4, -0.2) is 40.7 Å². The van der Waals surface area contributed by atoms with Crippen LogP contribution in [0, 0.1) is 11.6 Å². The van der Waals surface area contributed by atoms with Gasteiger partial charge in [-0.1, -0.05) is 23.2 Å². The number of benzene rings is 2. The highest BCUT2D eigenvalue weighted by atomic mass is 35.5. The minimum Gasteiger partial charge on any atom is -0.274 e. The molecule has 0 aromatic heterocycles. The summed E-state index contributed by atoms with van der Waals surface area (Å²) in [6, 6.07) is 4.62. The number of carbonyl (C=O) groups excluding carboxylic acids is 3. The topological polar surface area (TPSA) is 57.7 Å². The standard InChI is InChI=1S/C20H14Cl2F4N2O3/c21-12-1-10(3-14(23)5-12)16(25)8-27-18(29)7-19(30)28(20(27)31)9-17(26)11-2-13(22)6-15(24)4-11/h1-6,16-17H,7-9H2/t16-,17+. The molecule has 4 amide bonds. The van der Waals surface area contributed by atoms with Gasteiger partial charge < -0.3 is 0 Å². The molecule has 0 spiro atoms. The molecule has 0 bridgehead atoms. The monoisotopic (exact) mass is 476 g/mol. The molecular weight excluding hydrogens is 463 g/mol. The zero-order valence-corrected chi connectivity index (χ0v) is 17.1. The van der Waals surface area contributed by atoms with E-state index in [9.17, 15) is 31.9 Å². The normalized spacial score (nSPS) is 16.6. The highest BCUT2D eigenvalue weighted by Gasteiger charge is 2.40. The summed E-state index contributed by atoms with van der Waals surface area (Å²) in [4.78, 5) is 37.8. The highest BCUT2D eigenvalue weighted by Crippen LogP contribution is 2.28. The molecule has 0 N–H and O–H groups in total. The molecule has 0 aliphatic carbocycles. The third-order valence-electron chi connectivity index (χ3n) is 4.55. The number of halogens is 6. The zero-order valence-electron chi connectivity index (χ0n) is 15.6. The molecule has 2 aromatic rings. The van der Waals surface area contributed by atoms with Crippen LogP contribution >= 0.6 is 23.2 Å². The molecule has 2 atom stereocenters. The molecule has 0 radical (unpaired) electrons. The molecule has 1 heterocycles. The molecule has 5 nitrogen and oxygen atoms in total. The molecule has 1 aliphatic heterocycles. The van der Waals surface area contributed by atoms with Gasteiger partial charge in [0.25, 0.3) is 0 Å². The molecule has 3 rings (SSSR count). The Bertz CT molecular complexity index is 933. The summed E-state index contributed by atoms with van der Waals surface area (Å²) < 4.78 is 56.3. The molecule has 11 heteroatoms. The predicted molar refractivity (Wildman–Crippen MR) is 104 cm³/mol. The van der Waals surface area contributed by atoms with Gasteiger partial charge in [-0.05, 0) is 47.5 Å². The van der Waals surface area contributed by atoms with Crippen molar-refractivity contribution in [2.24, 2.45) is 0 Å². The van der Waals surface area contributed by atoms with Gasteiger partial charge in [0.05, 0.1) is 13.1 Å². The van der Waals surface area contributed by atoms with Gasteiger partial charge in [-0.3, -0.25) is 19.4 Å². The number of urea groups is 1. The molecular formula is C20H14Cl2F4N2O3. The van der Waals surface area contributed by atoms with Crippen LogP contribution in [0.3, 0.4) is 0 Å². The summed E-state index contributed by atoms with van der Waals surface area (Å²) in [6.07, 6.45) is -4.79. The van der Waals surface area contributed by atoms with Crippen molar-refractivity contribution in [3.05, 3.63) is 69.2 Å². The Balaban J connectivity index is 1.77. The minimum absolute atomic E-state index is 0.0835. The van der Waals surface area contributed by atoms with Crippen molar-refractivity contribution in [2.75, 3.05) is 13.1 Å². The average molecular weight is 477 g/mol. The summed E-state index contributed by atoms with van der Waals surface area (Å²) >= 11 is 11.4. The largest absolute Gasteiger partial charge is 0.333 e. The lowest BCUT2D eigenvalue weighted by atomic mass is 10.1. The average Bonchev–Trinajstić information content (AvgIpc) is 2.66. The predicted octanol–water partition coefficient (Wildman–Crippen LogP) is 5.17. The van der Waals surface area contributed by atoms with Gasteiger partial charge in [0.15, 0.2) is 0 Å². The van der Waals surface area contributed by atoms with Crippen LogP contribution in [0.15, 0.2) is 36.4 Å². The fourth-order valence-corrected chi connectivity index (χ4v) is 3.54. The lowest BCUT2D eigenvalue weighted by Crippen LogP contribution is -2.56. The van der Waals surface area contributed by atoms with Crippen LogP contribution in [0.2, 0.25) is 10.0 Å². The molecule has 0 unspecified atom stereocenters. The van der Waals surface area contributed by atoms with Gasteiger partial charge in [-0.15, -0.1) is 0 Å². The third kappa shape index (κ3) is 5.34. The van der Waals surface area contributed by atoms with E-state index in [-0.39, 0.29) is 21.2 Å². The second-order valence-corrected chi connectivity index (χ2v) is 7.68. The SMILES string of the molecule is O=C1CC(=O)N(C[C@H](F)c2cc(F)cc(Cl)c2)C(=O)N1C[C@@H](F)c1cc(F)cc(Cl)c1. The molecule has 1 saturated heterocycles. The Hall–Kier alpha value is -2.65. The summed E-state index contributed by atoms with van der Waals surface area (Å²) in [7, 11) is 0. The van der Waals surface area contributed by atoms with Crippen LogP contribution in [0.5, 0.6) is 0 Å². The van der Waals surface area contributed by atoms with Gasteiger partial charge >= 0.3 is 6.03 Å². The Morgan fingerprint density at radius 3 is 1.48 bits per heavy atom. The molecule has 164 valence electrons. The Morgan fingerprint density at radius 1 is 0.742 bits per heavy atom. The Labute approximate surface area is 184 Å². The van der Waals surface area contributed by atoms with E-state index >= 15 is 0 Å². The van der Waals surface area contributed by atoms with E-state index < -0.39 is 61.3 Å². The van der Waals surface area contributed by atoms with Gasteiger partial charge in [-0.2, -0.15) is 0 Å². The number of carbonyl (C=O) groups is 3. The second kappa shape index (κ2) is 9.23. The van der Waals surface area contributed by atoms with E-state index in [1.807, 2.05) is 0 Å². The van der Waals surface area contributed by atoms with Crippen molar-refractivity contribution in [3.8, 4) is 0 Å². The Morgan fingerprint density at radius 2 is 1.13 bits per heavy atom. The molecule has 0 saturated carbocycles. The first-order valence-electron chi connectivity index (χ1n) is 8.90. The Kier molecular flexibility index (Phi) is 6.86. The van der Waals surface area contributed by atoms with Gasteiger partial charge in [0, 0.05) is 10.0 Å². The van der Waals surface area contributed by atoms with Crippen molar-refractivity contribution >= 4 is 41.0 Å². The lowest BCUT2D eigenvalue weighted by molar-refractivity contribution is -0.143. The lowest BCUT2D eigenvalue weighted by Gasteiger charge is -2.34. The smallest absolute Gasteiger partial charge is 0.274 e. The van der Waals surface area contributed by atoms with Gasteiger partial charge in [-0.25, -0.2) is 22.4 Å². The number of rotatable bonds is 6. The highest BCUT2D eigenvalue weighted by molar-refractivity contribution is 6.31. The van der Waals surface area contributed by atoms with Crippen molar-refractivity contribution in [1.29, 1.82) is 0 Å². The molecule has 1 aliphatic rings. The summed E-state index contributed by atoms with van der Waals surface area (Å²) in [5, 5.41) is -0.167. The van der Waals surface area contributed by atoms with E-state index in [4.69, 9.17) is 23.2 Å². The van der Waals surface area contributed by atoms with Crippen molar-refractivity contribution in [2.45, 2.75) is 18.8 Å². The zero-order chi connectivity index (χ0) is 22.9. The fraction of sp³-hybridized carbons (Fsp3) is 0.250. The summed E-state index contributed by atoms with van der Waals surface area (Å²) in [5.74, 6) is -3.60. The molecule has 1 fully saturated rings. The number of imide groups is 2. The molecule has 31 heavy (non-hydrogen) atoms. The van der Waals surface area contributed by atoms with Crippen molar-refractivity contribution in [1.82, 2.24) is 9.80 Å². The van der Waals surface area contributed by atoms with Crippen LogP contribution in [0.4, 0.5) is 22.4 Å². The van der Waals surface area contributed by atoms with Crippen LogP contribution in [0.25, 0.3) is 0 Å². The van der Waals surface area contributed by atoms with Gasteiger partial charge in [0.2, 0.25) is 11.8 Å².